The molecule has 0 saturated heterocycles. The highest BCUT2D eigenvalue weighted by atomic mass is 35.5. The molecule has 3 aromatic rings. The fourth-order valence-corrected chi connectivity index (χ4v) is 2.20. The first-order valence-electron chi connectivity index (χ1n) is 6.61. The van der Waals surface area contributed by atoms with E-state index in [0.29, 0.717) is 17.8 Å². The van der Waals surface area contributed by atoms with Crippen LogP contribution < -0.4 is 5.32 Å². The van der Waals surface area contributed by atoms with Crippen molar-refractivity contribution in [2.75, 3.05) is 7.05 Å². The summed E-state index contributed by atoms with van der Waals surface area (Å²) in [6, 6.07) is 4.41. The van der Waals surface area contributed by atoms with Crippen LogP contribution in [0.1, 0.15) is 18.3 Å². The number of hydrogen-bond acceptors (Lipinski definition) is 5. The molecule has 0 fully saturated rings. The van der Waals surface area contributed by atoms with Gasteiger partial charge in [-0.25, -0.2) is 0 Å². The average Bonchev–Trinajstić information content (AvgIpc) is 3.06. The van der Waals surface area contributed by atoms with E-state index in [1.807, 2.05) is 20.0 Å². The second-order valence-corrected chi connectivity index (χ2v) is 5.06. The number of likely N-dealkylation sites (N-methyl/N-ethyl adjacent to an activating group) is 1. The summed E-state index contributed by atoms with van der Waals surface area (Å²) in [5.41, 5.74) is 2.96. The first-order valence-corrected chi connectivity index (χ1v) is 6.61. The Balaban J connectivity index is 0.00000161. The number of rotatable bonds is 4. The molecule has 2 aromatic heterocycles. The van der Waals surface area contributed by atoms with Crippen molar-refractivity contribution in [3.05, 3.63) is 29.7 Å². The van der Waals surface area contributed by atoms with Crippen molar-refractivity contribution in [1.29, 1.82) is 0 Å². The molecule has 0 aliphatic rings. The van der Waals surface area contributed by atoms with Crippen molar-refractivity contribution in [3.8, 4) is 11.5 Å². The van der Waals surface area contributed by atoms with Gasteiger partial charge in [-0.3, -0.25) is 5.10 Å². The number of nitrogens with zero attached hydrogens (tertiary/aromatic N) is 3. The Bertz CT molecular complexity index is 736. The van der Waals surface area contributed by atoms with E-state index in [1.165, 1.54) is 0 Å². The maximum absolute atomic E-state index is 5.39. The van der Waals surface area contributed by atoms with Crippen LogP contribution in [0.25, 0.3) is 22.4 Å². The topological polar surface area (TPSA) is 79.6 Å². The summed E-state index contributed by atoms with van der Waals surface area (Å²) in [4.78, 5) is 4.47. The number of nitrogens with one attached hydrogen (secondary N) is 2. The lowest BCUT2D eigenvalue weighted by atomic mass is 10.1. The molecular weight excluding hydrogens is 290 g/mol. The minimum Gasteiger partial charge on any atom is -0.334 e. The van der Waals surface area contributed by atoms with E-state index >= 15 is 0 Å². The minimum absolute atomic E-state index is 0. The lowest BCUT2D eigenvalue weighted by Crippen LogP contribution is -2.24. The predicted octanol–water partition coefficient (Wildman–Crippen LogP) is 2.49. The number of benzene rings is 1. The van der Waals surface area contributed by atoms with E-state index in [0.717, 1.165) is 28.5 Å². The number of halogens is 1. The van der Waals surface area contributed by atoms with Crippen LogP contribution in [-0.4, -0.2) is 33.4 Å². The molecular formula is C14H18ClN5O. The molecule has 21 heavy (non-hydrogen) atoms. The van der Waals surface area contributed by atoms with Crippen molar-refractivity contribution >= 4 is 23.3 Å². The zero-order chi connectivity index (χ0) is 14.1. The second kappa shape index (κ2) is 6.24. The molecule has 1 aromatic carbocycles. The fourth-order valence-electron chi connectivity index (χ4n) is 2.20. The smallest absolute Gasteiger partial charge is 0.260 e. The van der Waals surface area contributed by atoms with Gasteiger partial charge in [0.2, 0.25) is 0 Å². The molecule has 0 spiro atoms. The third-order valence-electron chi connectivity index (χ3n) is 3.37. The van der Waals surface area contributed by atoms with Crippen molar-refractivity contribution in [1.82, 2.24) is 25.7 Å². The number of aromatic nitrogens is 4. The first kappa shape index (κ1) is 15.5. The van der Waals surface area contributed by atoms with Crippen LogP contribution in [0.15, 0.2) is 22.9 Å². The summed E-state index contributed by atoms with van der Waals surface area (Å²) in [6.45, 7) is 4.12. The molecule has 0 amide bonds. The number of hydrogen-bond donors (Lipinski definition) is 2. The van der Waals surface area contributed by atoms with Crippen LogP contribution in [0.3, 0.4) is 0 Å². The van der Waals surface area contributed by atoms with Gasteiger partial charge in [0.1, 0.15) is 0 Å². The van der Waals surface area contributed by atoms with E-state index in [9.17, 15) is 0 Å². The Kier molecular flexibility index (Phi) is 4.59. The van der Waals surface area contributed by atoms with Gasteiger partial charge in [0.05, 0.1) is 17.3 Å². The van der Waals surface area contributed by atoms with E-state index in [2.05, 4.69) is 38.6 Å². The standard InChI is InChI=1S/C14H17N5O.ClH/c1-8-4-10-7-16-18-13(10)11(5-8)14-17-12(19-20-14)6-9(2)15-3;/h4-5,7,9,15H,6H2,1-3H3,(H,16,18);1H. The molecule has 0 bridgehead atoms. The molecule has 0 saturated carbocycles. The van der Waals surface area contributed by atoms with Crippen LogP contribution >= 0.6 is 12.4 Å². The number of fused-ring (bicyclic) bond motifs is 1. The summed E-state index contributed by atoms with van der Waals surface area (Å²) >= 11 is 0. The van der Waals surface area contributed by atoms with E-state index in [4.69, 9.17) is 4.52 Å². The van der Waals surface area contributed by atoms with Crippen molar-refractivity contribution in [2.45, 2.75) is 26.3 Å². The third-order valence-corrected chi connectivity index (χ3v) is 3.37. The van der Waals surface area contributed by atoms with E-state index in [1.54, 1.807) is 6.20 Å². The highest BCUT2D eigenvalue weighted by Crippen LogP contribution is 2.27. The minimum atomic E-state index is 0. The highest BCUT2D eigenvalue weighted by Gasteiger charge is 2.15. The molecule has 2 heterocycles. The number of aryl methyl sites for hydroxylation is 1. The number of H-pyrrole nitrogens is 1. The third kappa shape index (κ3) is 3.06. The molecule has 3 rings (SSSR count). The van der Waals surface area contributed by atoms with Gasteiger partial charge >= 0.3 is 0 Å². The van der Waals surface area contributed by atoms with Gasteiger partial charge in [-0.2, -0.15) is 10.1 Å². The van der Waals surface area contributed by atoms with Crippen molar-refractivity contribution in [3.63, 3.8) is 0 Å². The molecule has 0 aliphatic carbocycles. The van der Waals surface area contributed by atoms with Gasteiger partial charge in [0.25, 0.3) is 5.89 Å². The van der Waals surface area contributed by atoms with E-state index < -0.39 is 0 Å². The van der Waals surface area contributed by atoms with Gasteiger partial charge < -0.3 is 9.84 Å². The maximum atomic E-state index is 5.39. The lowest BCUT2D eigenvalue weighted by Gasteiger charge is -2.04. The lowest BCUT2D eigenvalue weighted by molar-refractivity contribution is 0.418. The van der Waals surface area contributed by atoms with Crippen molar-refractivity contribution in [2.24, 2.45) is 0 Å². The number of aromatic amines is 1. The Morgan fingerprint density at radius 2 is 2.19 bits per heavy atom. The van der Waals surface area contributed by atoms with Crippen molar-refractivity contribution < 1.29 is 4.52 Å². The maximum Gasteiger partial charge on any atom is 0.260 e. The van der Waals surface area contributed by atoms with Crippen LogP contribution in [0.5, 0.6) is 0 Å². The summed E-state index contributed by atoms with van der Waals surface area (Å²) in [6.07, 6.45) is 2.53. The predicted molar refractivity (Wildman–Crippen MR) is 83.6 cm³/mol. The van der Waals surface area contributed by atoms with Crippen LogP contribution in [-0.2, 0) is 6.42 Å². The van der Waals surface area contributed by atoms with Gasteiger partial charge in [-0.1, -0.05) is 5.16 Å². The van der Waals surface area contributed by atoms with Gasteiger partial charge in [-0.05, 0) is 38.6 Å². The SMILES string of the molecule is CNC(C)Cc1noc(-c2cc(C)cc3cn[nH]c23)n1.Cl. The molecule has 0 radical (unpaired) electrons. The van der Waals surface area contributed by atoms with E-state index in [-0.39, 0.29) is 12.4 Å². The Hall–Kier alpha value is -1.92. The molecule has 1 unspecified atom stereocenters. The van der Waals surface area contributed by atoms with Gasteiger partial charge in [0, 0.05) is 17.8 Å². The monoisotopic (exact) mass is 307 g/mol. The zero-order valence-electron chi connectivity index (χ0n) is 12.2. The molecule has 1 atom stereocenters. The molecule has 2 N–H and O–H groups in total. The molecule has 0 aliphatic heterocycles. The Morgan fingerprint density at radius 3 is 2.95 bits per heavy atom. The highest BCUT2D eigenvalue weighted by molar-refractivity contribution is 5.91. The fraction of sp³-hybridized carbons (Fsp3) is 0.357. The molecule has 7 heteroatoms. The van der Waals surface area contributed by atoms with Crippen LogP contribution in [0, 0.1) is 6.92 Å². The Labute approximate surface area is 128 Å². The van der Waals surface area contributed by atoms with Crippen LogP contribution in [0.2, 0.25) is 0 Å². The van der Waals surface area contributed by atoms with Gasteiger partial charge in [0.15, 0.2) is 5.82 Å². The summed E-state index contributed by atoms with van der Waals surface area (Å²) in [5.74, 6) is 1.23. The molecule has 112 valence electrons. The second-order valence-electron chi connectivity index (χ2n) is 5.06. The zero-order valence-corrected chi connectivity index (χ0v) is 13.0. The summed E-state index contributed by atoms with van der Waals surface area (Å²) in [5, 5.41) is 15.3. The van der Waals surface area contributed by atoms with Crippen LogP contribution in [0.4, 0.5) is 0 Å². The summed E-state index contributed by atoms with van der Waals surface area (Å²) in [7, 11) is 1.92. The van der Waals surface area contributed by atoms with Gasteiger partial charge in [-0.15, -0.1) is 12.4 Å². The average molecular weight is 308 g/mol. The normalized spacial score (nSPS) is 12.3. The largest absolute Gasteiger partial charge is 0.334 e. The molecule has 6 nitrogen and oxygen atoms in total. The Morgan fingerprint density at radius 1 is 1.38 bits per heavy atom. The quantitative estimate of drug-likeness (QED) is 0.774. The first-order chi connectivity index (χ1) is 9.67. The summed E-state index contributed by atoms with van der Waals surface area (Å²) < 4.78 is 5.39.